The number of thioether (sulfide) groups is 1. The highest BCUT2D eigenvalue weighted by Gasteiger charge is 2.16. The zero-order chi connectivity index (χ0) is 21.9. The number of aromatic nitrogens is 3. The zero-order valence-corrected chi connectivity index (χ0v) is 19.1. The third-order valence-electron chi connectivity index (χ3n) is 4.15. The second-order valence-corrected chi connectivity index (χ2v) is 9.76. The number of carbonyl (C=O) groups is 1. The van der Waals surface area contributed by atoms with Crippen molar-refractivity contribution in [1.82, 2.24) is 14.5 Å². The fourth-order valence-corrected chi connectivity index (χ4v) is 4.51. The van der Waals surface area contributed by atoms with E-state index in [1.54, 1.807) is 6.07 Å². The van der Waals surface area contributed by atoms with E-state index in [2.05, 4.69) is 22.2 Å². The summed E-state index contributed by atoms with van der Waals surface area (Å²) in [6, 6.07) is 6.07. The average molecular weight is 488 g/mol. The first-order chi connectivity index (χ1) is 14.2. The number of anilines is 1. The maximum atomic E-state index is 12.4. The highest BCUT2D eigenvalue weighted by molar-refractivity contribution is 7.99. The van der Waals surface area contributed by atoms with Gasteiger partial charge in [0.15, 0.2) is 11.0 Å². The molecule has 0 bridgehead atoms. The molecule has 2 aromatic heterocycles. The van der Waals surface area contributed by atoms with Gasteiger partial charge in [-0.15, -0.1) is 0 Å². The third kappa shape index (κ3) is 5.44. The molecule has 3 N–H and O–H groups in total. The summed E-state index contributed by atoms with van der Waals surface area (Å²) in [4.78, 5) is 20.9. The molecule has 0 atom stereocenters. The van der Waals surface area contributed by atoms with E-state index in [9.17, 15) is 13.2 Å². The molecule has 0 saturated carbocycles. The number of pyridine rings is 1. The molecule has 160 valence electrons. The van der Waals surface area contributed by atoms with Crippen molar-refractivity contribution in [3.8, 4) is 0 Å². The van der Waals surface area contributed by atoms with Gasteiger partial charge in [0.1, 0.15) is 0 Å². The van der Waals surface area contributed by atoms with Crippen LogP contribution in [0.2, 0.25) is 10.0 Å². The van der Waals surface area contributed by atoms with Crippen LogP contribution in [0.4, 0.5) is 5.82 Å². The quantitative estimate of drug-likeness (QED) is 0.464. The van der Waals surface area contributed by atoms with E-state index in [4.69, 9.17) is 28.3 Å². The lowest BCUT2D eigenvalue weighted by Gasteiger charge is -2.09. The van der Waals surface area contributed by atoms with Crippen LogP contribution in [0.1, 0.15) is 19.8 Å². The second kappa shape index (κ2) is 9.52. The molecule has 2 heterocycles. The largest absolute Gasteiger partial charge is 0.319 e. The van der Waals surface area contributed by atoms with Crippen molar-refractivity contribution in [2.75, 3.05) is 11.1 Å². The smallest absolute Gasteiger partial charge is 0.238 e. The van der Waals surface area contributed by atoms with Crippen molar-refractivity contribution in [2.24, 2.45) is 5.14 Å². The lowest BCUT2D eigenvalue weighted by atomic mass is 10.3. The maximum Gasteiger partial charge on any atom is 0.238 e. The Labute approximate surface area is 188 Å². The molecule has 12 heteroatoms. The topological polar surface area (TPSA) is 120 Å². The minimum Gasteiger partial charge on any atom is -0.319 e. The number of primary sulfonamides is 1. The highest BCUT2D eigenvalue weighted by Crippen LogP contribution is 2.27. The van der Waals surface area contributed by atoms with Gasteiger partial charge in [0, 0.05) is 12.7 Å². The van der Waals surface area contributed by atoms with Crippen molar-refractivity contribution in [1.29, 1.82) is 0 Å². The Morgan fingerprint density at radius 2 is 2.07 bits per heavy atom. The molecule has 0 aliphatic heterocycles. The van der Waals surface area contributed by atoms with Crippen LogP contribution in [0.5, 0.6) is 0 Å². The number of unbranched alkanes of at least 4 members (excludes halogenated alkanes) is 1. The molecule has 0 unspecified atom stereocenters. The standard InChI is InChI=1S/C18H19Cl2N5O3S2/c1-2-3-6-25-15-5-4-12(30(21,27)28)8-14(15)23-18(25)29-10-16(26)24-17-13(20)7-11(19)9-22-17/h4-5,7-9H,2-3,6,10H2,1H3,(H2,21,27,28)(H,22,24,26). The van der Waals surface area contributed by atoms with Crippen LogP contribution in [0, 0.1) is 0 Å². The van der Waals surface area contributed by atoms with E-state index in [1.165, 1.54) is 36.2 Å². The summed E-state index contributed by atoms with van der Waals surface area (Å²) in [5, 5.41) is 9.08. The van der Waals surface area contributed by atoms with Crippen LogP contribution in [0.25, 0.3) is 11.0 Å². The summed E-state index contributed by atoms with van der Waals surface area (Å²) >= 11 is 13.1. The van der Waals surface area contributed by atoms with Gasteiger partial charge in [0.2, 0.25) is 15.9 Å². The average Bonchev–Trinajstić information content (AvgIpc) is 3.03. The number of amides is 1. The molecular weight excluding hydrogens is 469 g/mol. The minimum absolute atomic E-state index is 0.00658. The monoisotopic (exact) mass is 487 g/mol. The number of hydrogen-bond acceptors (Lipinski definition) is 6. The first-order valence-corrected chi connectivity index (χ1v) is 12.2. The van der Waals surface area contributed by atoms with Crippen molar-refractivity contribution >= 4 is 67.7 Å². The van der Waals surface area contributed by atoms with E-state index in [1.807, 2.05) is 4.57 Å². The summed E-state index contributed by atoms with van der Waals surface area (Å²) in [5.74, 6) is -0.0158. The Kier molecular flexibility index (Phi) is 7.25. The van der Waals surface area contributed by atoms with Gasteiger partial charge in [-0.05, 0) is 30.7 Å². The van der Waals surface area contributed by atoms with Gasteiger partial charge < -0.3 is 9.88 Å². The Morgan fingerprint density at radius 3 is 2.73 bits per heavy atom. The van der Waals surface area contributed by atoms with E-state index in [0.717, 1.165) is 18.4 Å². The number of sulfonamides is 1. The number of rotatable bonds is 8. The number of imidazole rings is 1. The number of nitrogens with two attached hydrogens (primary N) is 1. The molecule has 0 aliphatic carbocycles. The molecule has 0 saturated heterocycles. The minimum atomic E-state index is -3.83. The number of benzene rings is 1. The summed E-state index contributed by atoms with van der Waals surface area (Å²) in [6.45, 7) is 2.76. The van der Waals surface area contributed by atoms with Crippen molar-refractivity contribution in [3.05, 3.63) is 40.5 Å². The maximum absolute atomic E-state index is 12.4. The number of nitrogens with one attached hydrogen (secondary N) is 1. The molecular formula is C18H19Cl2N5O3S2. The number of aryl methyl sites for hydroxylation is 1. The number of nitrogens with zero attached hydrogens (tertiary/aromatic N) is 3. The molecule has 0 radical (unpaired) electrons. The number of carbonyl (C=O) groups excluding carboxylic acids is 1. The lowest BCUT2D eigenvalue weighted by Crippen LogP contribution is -2.16. The second-order valence-electron chi connectivity index (χ2n) is 6.42. The van der Waals surface area contributed by atoms with Gasteiger partial charge in [-0.3, -0.25) is 4.79 Å². The lowest BCUT2D eigenvalue weighted by molar-refractivity contribution is -0.113. The predicted octanol–water partition coefficient (Wildman–Crippen LogP) is 3.92. The zero-order valence-electron chi connectivity index (χ0n) is 15.9. The van der Waals surface area contributed by atoms with Gasteiger partial charge in [-0.1, -0.05) is 48.3 Å². The number of halogens is 2. The fraction of sp³-hybridized carbons (Fsp3) is 0.278. The SMILES string of the molecule is CCCCn1c(SCC(=O)Nc2ncc(Cl)cc2Cl)nc2cc(S(N)(=O)=O)ccc21. The summed E-state index contributed by atoms with van der Waals surface area (Å²) in [7, 11) is -3.83. The van der Waals surface area contributed by atoms with Gasteiger partial charge in [0.05, 0.1) is 31.7 Å². The van der Waals surface area contributed by atoms with E-state index in [-0.39, 0.29) is 27.4 Å². The predicted molar refractivity (Wildman–Crippen MR) is 120 cm³/mol. The van der Waals surface area contributed by atoms with Gasteiger partial charge in [-0.25, -0.2) is 23.5 Å². The fourth-order valence-electron chi connectivity index (χ4n) is 2.71. The van der Waals surface area contributed by atoms with Crippen LogP contribution in [0.3, 0.4) is 0 Å². The molecule has 1 amide bonds. The van der Waals surface area contributed by atoms with Crippen molar-refractivity contribution < 1.29 is 13.2 Å². The summed E-state index contributed by atoms with van der Waals surface area (Å²) in [5.41, 5.74) is 1.28. The van der Waals surface area contributed by atoms with Gasteiger partial charge in [0.25, 0.3) is 0 Å². The Balaban J connectivity index is 1.82. The molecule has 3 rings (SSSR count). The number of fused-ring (bicyclic) bond motifs is 1. The molecule has 3 aromatic rings. The van der Waals surface area contributed by atoms with Crippen LogP contribution in [-0.4, -0.2) is 34.6 Å². The van der Waals surface area contributed by atoms with Crippen molar-refractivity contribution in [2.45, 2.75) is 36.4 Å². The van der Waals surface area contributed by atoms with E-state index in [0.29, 0.717) is 22.2 Å². The highest BCUT2D eigenvalue weighted by atomic mass is 35.5. The normalized spacial score (nSPS) is 11.7. The molecule has 0 fully saturated rings. The van der Waals surface area contributed by atoms with Gasteiger partial charge in [-0.2, -0.15) is 0 Å². The van der Waals surface area contributed by atoms with Crippen LogP contribution < -0.4 is 10.5 Å². The third-order valence-corrected chi connectivity index (χ3v) is 6.53. The molecule has 1 aromatic carbocycles. The van der Waals surface area contributed by atoms with Crippen LogP contribution in [0.15, 0.2) is 40.5 Å². The molecule has 0 aliphatic rings. The first kappa shape index (κ1) is 22.8. The Morgan fingerprint density at radius 1 is 1.30 bits per heavy atom. The summed E-state index contributed by atoms with van der Waals surface area (Å²) in [6.07, 6.45) is 3.27. The molecule has 30 heavy (non-hydrogen) atoms. The molecule has 0 spiro atoms. The van der Waals surface area contributed by atoms with Gasteiger partial charge >= 0.3 is 0 Å². The number of hydrogen-bond donors (Lipinski definition) is 2. The van der Waals surface area contributed by atoms with Crippen molar-refractivity contribution in [3.63, 3.8) is 0 Å². The Hall–Kier alpha value is -1.85. The van der Waals surface area contributed by atoms with E-state index < -0.39 is 10.0 Å². The van der Waals surface area contributed by atoms with Crippen LogP contribution >= 0.6 is 35.0 Å². The van der Waals surface area contributed by atoms with E-state index >= 15 is 0 Å². The summed E-state index contributed by atoms with van der Waals surface area (Å²) < 4.78 is 25.2. The Bertz CT molecular complexity index is 1200. The first-order valence-electron chi connectivity index (χ1n) is 8.96. The van der Waals surface area contributed by atoms with Crippen LogP contribution in [-0.2, 0) is 21.4 Å². The molecule has 8 nitrogen and oxygen atoms in total.